The first-order valence-corrected chi connectivity index (χ1v) is 7.24. The molecule has 0 spiro atoms. The van der Waals surface area contributed by atoms with Gasteiger partial charge >= 0.3 is 0 Å². The van der Waals surface area contributed by atoms with Crippen LogP contribution in [-0.2, 0) is 5.33 Å². The minimum absolute atomic E-state index is 0.747. The van der Waals surface area contributed by atoms with Gasteiger partial charge in [-0.15, -0.1) is 0 Å². The largest absolute Gasteiger partial charge is 0.496 e. The van der Waals surface area contributed by atoms with Gasteiger partial charge in [-0.1, -0.05) is 15.9 Å². The molecule has 0 saturated carbocycles. The van der Waals surface area contributed by atoms with Crippen LogP contribution in [0.15, 0.2) is 27.3 Å². The Bertz CT molecular complexity index is 542. The first-order valence-electron chi connectivity index (χ1n) is 4.54. The molecule has 2 aromatic rings. The van der Waals surface area contributed by atoms with E-state index in [9.17, 15) is 0 Å². The smallest absolute Gasteiger partial charge is 0.132 e. The minimum atomic E-state index is 0.747. The number of halogens is 3. The molecule has 2 nitrogen and oxygen atoms in total. The molecule has 0 unspecified atom stereocenters. The van der Waals surface area contributed by atoms with Gasteiger partial charge in [-0.2, -0.15) is 0 Å². The predicted molar refractivity (Wildman–Crippen MR) is 76.3 cm³/mol. The lowest BCUT2D eigenvalue weighted by Gasteiger charge is -2.11. The Morgan fingerprint density at radius 2 is 2.06 bits per heavy atom. The van der Waals surface area contributed by atoms with Crippen LogP contribution < -0.4 is 4.74 Å². The van der Waals surface area contributed by atoms with Gasteiger partial charge in [-0.3, -0.25) is 4.98 Å². The summed E-state index contributed by atoms with van der Waals surface area (Å²) in [5.41, 5.74) is 2.01. The number of ether oxygens (including phenoxy) is 1. The third-order valence-electron chi connectivity index (χ3n) is 2.27. The molecule has 0 radical (unpaired) electrons. The second-order valence-corrected chi connectivity index (χ2v) is 5.56. The van der Waals surface area contributed by atoms with Gasteiger partial charge < -0.3 is 4.74 Å². The molecule has 2 rings (SSSR count). The summed E-state index contributed by atoms with van der Waals surface area (Å²) < 4.78 is 7.37. The molecule has 0 N–H and O–H groups in total. The van der Waals surface area contributed by atoms with Crippen molar-refractivity contribution in [3.8, 4) is 5.75 Å². The topological polar surface area (TPSA) is 22.1 Å². The van der Waals surface area contributed by atoms with E-state index in [2.05, 4.69) is 52.8 Å². The Labute approximate surface area is 119 Å². The van der Waals surface area contributed by atoms with Crippen molar-refractivity contribution >= 4 is 58.7 Å². The number of pyridine rings is 1. The molecule has 1 aromatic carbocycles. The van der Waals surface area contributed by atoms with Crippen LogP contribution in [0.4, 0.5) is 0 Å². The van der Waals surface area contributed by atoms with Gasteiger partial charge in [-0.25, -0.2) is 0 Å². The summed E-state index contributed by atoms with van der Waals surface area (Å²) >= 11 is 10.4. The third kappa shape index (κ3) is 2.13. The van der Waals surface area contributed by atoms with Gasteiger partial charge in [0.1, 0.15) is 5.75 Å². The molecule has 0 bridgehead atoms. The first kappa shape index (κ1) is 12.3. The van der Waals surface area contributed by atoms with Crippen LogP contribution in [0.2, 0.25) is 0 Å². The minimum Gasteiger partial charge on any atom is -0.496 e. The van der Waals surface area contributed by atoms with Crippen LogP contribution >= 0.6 is 47.8 Å². The highest BCUT2D eigenvalue weighted by Gasteiger charge is 2.12. The standard InChI is InChI=1S/C11H8Br3NO/c1-16-11-6(4-12)2-9(14)10-8(11)3-7(13)5-15-10/h2-3,5H,4H2,1H3. The zero-order valence-electron chi connectivity index (χ0n) is 8.43. The second kappa shape index (κ2) is 5.02. The van der Waals surface area contributed by atoms with Gasteiger partial charge in [0.05, 0.1) is 12.6 Å². The highest BCUT2D eigenvalue weighted by Crippen LogP contribution is 2.36. The normalized spacial score (nSPS) is 10.8. The Hall–Kier alpha value is -0.130. The monoisotopic (exact) mass is 407 g/mol. The van der Waals surface area contributed by atoms with Gasteiger partial charge in [0.15, 0.2) is 0 Å². The van der Waals surface area contributed by atoms with Crippen LogP contribution in [0.5, 0.6) is 5.75 Å². The van der Waals surface area contributed by atoms with E-state index in [1.807, 2.05) is 12.1 Å². The van der Waals surface area contributed by atoms with Crippen molar-refractivity contribution < 1.29 is 4.74 Å². The molecular weight excluding hydrogens is 402 g/mol. The molecule has 0 amide bonds. The van der Waals surface area contributed by atoms with E-state index in [0.717, 1.165) is 36.5 Å². The molecule has 1 heterocycles. The van der Waals surface area contributed by atoms with E-state index in [1.165, 1.54) is 0 Å². The number of fused-ring (bicyclic) bond motifs is 1. The van der Waals surface area contributed by atoms with Crippen LogP contribution in [0.25, 0.3) is 10.9 Å². The summed E-state index contributed by atoms with van der Waals surface area (Å²) in [6, 6.07) is 4.04. The van der Waals surface area contributed by atoms with Gasteiger partial charge in [0.25, 0.3) is 0 Å². The number of nitrogens with zero attached hydrogens (tertiary/aromatic N) is 1. The Morgan fingerprint density at radius 1 is 1.31 bits per heavy atom. The molecule has 1 aromatic heterocycles. The maximum atomic E-state index is 5.45. The summed E-state index contributed by atoms with van der Waals surface area (Å²) in [5.74, 6) is 0.865. The van der Waals surface area contributed by atoms with Gasteiger partial charge in [0, 0.05) is 31.4 Å². The van der Waals surface area contributed by atoms with Crippen LogP contribution in [-0.4, -0.2) is 12.1 Å². The molecule has 0 aliphatic carbocycles. The average Bonchev–Trinajstić information content (AvgIpc) is 2.28. The second-order valence-electron chi connectivity index (χ2n) is 3.23. The van der Waals surface area contributed by atoms with Crippen molar-refractivity contribution in [1.29, 1.82) is 0 Å². The number of aromatic nitrogens is 1. The zero-order valence-corrected chi connectivity index (χ0v) is 13.2. The van der Waals surface area contributed by atoms with Gasteiger partial charge in [0.2, 0.25) is 0 Å². The summed E-state index contributed by atoms with van der Waals surface area (Å²) in [7, 11) is 1.68. The molecule has 16 heavy (non-hydrogen) atoms. The molecule has 0 saturated heterocycles. The summed E-state index contributed by atoms with van der Waals surface area (Å²) in [4.78, 5) is 4.38. The highest BCUT2D eigenvalue weighted by atomic mass is 79.9. The lowest BCUT2D eigenvalue weighted by molar-refractivity contribution is 0.416. The summed E-state index contributed by atoms with van der Waals surface area (Å²) in [5, 5.41) is 1.75. The van der Waals surface area contributed by atoms with Crippen LogP contribution in [0, 0.1) is 0 Å². The number of hydrogen-bond donors (Lipinski definition) is 0. The zero-order chi connectivity index (χ0) is 11.7. The number of benzene rings is 1. The molecule has 0 fully saturated rings. The molecule has 0 atom stereocenters. The maximum absolute atomic E-state index is 5.45. The molecule has 5 heteroatoms. The average molecular weight is 410 g/mol. The molecular formula is C11H8Br3NO. The van der Waals surface area contributed by atoms with Gasteiger partial charge in [-0.05, 0) is 44.0 Å². The van der Waals surface area contributed by atoms with E-state index >= 15 is 0 Å². The summed E-state index contributed by atoms with van der Waals surface area (Å²) in [6.07, 6.45) is 1.78. The Balaban J connectivity index is 2.87. The van der Waals surface area contributed by atoms with E-state index in [-0.39, 0.29) is 0 Å². The predicted octanol–water partition coefficient (Wildman–Crippen LogP) is 4.66. The Morgan fingerprint density at radius 3 is 2.69 bits per heavy atom. The highest BCUT2D eigenvalue weighted by molar-refractivity contribution is 9.11. The van der Waals surface area contributed by atoms with E-state index in [4.69, 9.17) is 4.74 Å². The molecule has 0 aliphatic heterocycles. The van der Waals surface area contributed by atoms with Crippen molar-refractivity contribution in [1.82, 2.24) is 4.98 Å². The van der Waals surface area contributed by atoms with Crippen molar-refractivity contribution in [2.24, 2.45) is 0 Å². The van der Waals surface area contributed by atoms with Crippen LogP contribution in [0.3, 0.4) is 0 Å². The quantitative estimate of drug-likeness (QED) is 0.673. The van der Waals surface area contributed by atoms with Crippen molar-refractivity contribution in [2.75, 3.05) is 7.11 Å². The number of methoxy groups -OCH3 is 1. The Kier molecular flexibility index (Phi) is 3.87. The lowest BCUT2D eigenvalue weighted by atomic mass is 10.1. The SMILES string of the molecule is COc1c(CBr)cc(Br)c2ncc(Br)cc12. The fourth-order valence-corrected chi connectivity index (χ4v) is 2.94. The number of rotatable bonds is 2. The van der Waals surface area contributed by atoms with Crippen molar-refractivity contribution in [2.45, 2.75) is 5.33 Å². The fourth-order valence-electron chi connectivity index (χ4n) is 1.60. The van der Waals surface area contributed by atoms with E-state index in [0.29, 0.717) is 0 Å². The van der Waals surface area contributed by atoms with Crippen molar-refractivity contribution in [3.05, 3.63) is 32.8 Å². The summed E-state index contributed by atoms with van der Waals surface area (Å²) in [6.45, 7) is 0. The number of hydrogen-bond acceptors (Lipinski definition) is 2. The third-order valence-corrected chi connectivity index (χ3v) is 3.91. The molecule has 0 aliphatic rings. The molecule has 84 valence electrons. The van der Waals surface area contributed by atoms with Crippen LogP contribution in [0.1, 0.15) is 5.56 Å². The fraction of sp³-hybridized carbons (Fsp3) is 0.182. The lowest BCUT2D eigenvalue weighted by Crippen LogP contribution is -1.93. The van der Waals surface area contributed by atoms with E-state index < -0.39 is 0 Å². The van der Waals surface area contributed by atoms with Crippen molar-refractivity contribution in [3.63, 3.8) is 0 Å². The maximum Gasteiger partial charge on any atom is 0.132 e. The van der Waals surface area contributed by atoms with E-state index in [1.54, 1.807) is 13.3 Å². The number of alkyl halides is 1. The first-order chi connectivity index (χ1) is 7.67.